The number of nitrogens with zero attached hydrogens (tertiary/aromatic N) is 2. The molecule has 1 N–H and O–H groups in total. The SMILES string of the molecule is O=C(Nc1ccc(CC(=O)N2CCSCC2)cc1)c1csc(-c2ccccc2)n1. The van der Waals surface area contributed by atoms with Crippen molar-refractivity contribution in [2.45, 2.75) is 6.42 Å². The predicted molar refractivity (Wildman–Crippen MR) is 120 cm³/mol. The van der Waals surface area contributed by atoms with Crippen molar-refractivity contribution < 1.29 is 9.59 Å². The van der Waals surface area contributed by atoms with Crippen LogP contribution in [0, 0.1) is 0 Å². The average Bonchev–Trinajstić information content (AvgIpc) is 3.27. The van der Waals surface area contributed by atoms with Crippen molar-refractivity contribution in [2.75, 3.05) is 29.9 Å². The molecule has 5 nitrogen and oxygen atoms in total. The number of hydrogen-bond acceptors (Lipinski definition) is 5. The van der Waals surface area contributed by atoms with E-state index in [4.69, 9.17) is 0 Å². The summed E-state index contributed by atoms with van der Waals surface area (Å²) in [6.45, 7) is 1.66. The molecule has 2 amide bonds. The lowest BCUT2D eigenvalue weighted by molar-refractivity contribution is -0.130. The lowest BCUT2D eigenvalue weighted by Crippen LogP contribution is -2.38. The number of thioether (sulfide) groups is 1. The molecule has 4 rings (SSSR count). The summed E-state index contributed by atoms with van der Waals surface area (Å²) in [7, 11) is 0. The number of carbonyl (C=O) groups is 2. The first-order valence-corrected chi connectivity index (χ1v) is 11.5. The Morgan fingerprint density at radius 2 is 1.72 bits per heavy atom. The molecule has 1 aromatic heterocycles. The largest absolute Gasteiger partial charge is 0.341 e. The van der Waals surface area contributed by atoms with Crippen molar-refractivity contribution in [1.29, 1.82) is 0 Å². The van der Waals surface area contributed by atoms with E-state index in [1.54, 1.807) is 5.38 Å². The molecule has 0 unspecified atom stereocenters. The molecule has 0 spiro atoms. The van der Waals surface area contributed by atoms with Gasteiger partial charge in [-0.3, -0.25) is 9.59 Å². The number of thiazole rings is 1. The summed E-state index contributed by atoms with van der Waals surface area (Å²) >= 11 is 3.34. The van der Waals surface area contributed by atoms with E-state index in [9.17, 15) is 9.59 Å². The molecule has 0 radical (unpaired) electrons. The first-order valence-electron chi connectivity index (χ1n) is 9.46. The van der Waals surface area contributed by atoms with Crippen LogP contribution in [0.25, 0.3) is 10.6 Å². The monoisotopic (exact) mass is 423 g/mol. The zero-order chi connectivity index (χ0) is 20.1. The topological polar surface area (TPSA) is 62.3 Å². The van der Waals surface area contributed by atoms with Gasteiger partial charge in [-0.05, 0) is 17.7 Å². The fraction of sp³-hybridized carbons (Fsp3) is 0.227. The van der Waals surface area contributed by atoms with Crippen molar-refractivity contribution >= 4 is 40.6 Å². The summed E-state index contributed by atoms with van der Waals surface area (Å²) in [5.41, 5.74) is 3.04. The number of rotatable bonds is 5. The van der Waals surface area contributed by atoms with Crippen LogP contribution in [0.1, 0.15) is 16.1 Å². The molecule has 1 aliphatic heterocycles. The van der Waals surface area contributed by atoms with Gasteiger partial charge in [-0.25, -0.2) is 4.98 Å². The second-order valence-corrected chi connectivity index (χ2v) is 8.81. The fourth-order valence-electron chi connectivity index (χ4n) is 3.09. The van der Waals surface area contributed by atoms with Gasteiger partial charge >= 0.3 is 0 Å². The van der Waals surface area contributed by atoms with Crippen molar-refractivity contribution in [1.82, 2.24) is 9.88 Å². The van der Waals surface area contributed by atoms with Gasteiger partial charge in [-0.2, -0.15) is 11.8 Å². The zero-order valence-electron chi connectivity index (χ0n) is 15.8. The van der Waals surface area contributed by atoms with E-state index in [-0.39, 0.29) is 11.8 Å². The summed E-state index contributed by atoms with van der Waals surface area (Å²) < 4.78 is 0. The highest BCUT2D eigenvalue weighted by atomic mass is 32.2. The predicted octanol–water partition coefficient (Wildman–Crippen LogP) is 4.18. The molecule has 1 aliphatic rings. The number of benzene rings is 2. The Kier molecular flexibility index (Phi) is 6.27. The molecular weight excluding hydrogens is 402 g/mol. The second kappa shape index (κ2) is 9.24. The summed E-state index contributed by atoms with van der Waals surface area (Å²) in [6.07, 6.45) is 0.394. The van der Waals surface area contributed by atoms with Gasteiger partial charge in [0.15, 0.2) is 0 Å². The van der Waals surface area contributed by atoms with Crippen LogP contribution in [-0.2, 0) is 11.2 Å². The molecular formula is C22H21N3O2S2. The normalized spacial score (nSPS) is 13.9. The molecule has 29 heavy (non-hydrogen) atoms. The van der Waals surface area contributed by atoms with E-state index in [0.29, 0.717) is 17.8 Å². The van der Waals surface area contributed by atoms with Gasteiger partial charge < -0.3 is 10.2 Å². The summed E-state index contributed by atoms with van der Waals surface area (Å²) in [5.74, 6) is 1.95. The molecule has 0 bridgehead atoms. The van der Waals surface area contributed by atoms with Gasteiger partial charge in [0.05, 0.1) is 6.42 Å². The third-order valence-electron chi connectivity index (χ3n) is 4.69. The van der Waals surface area contributed by atoms with Gasteiger partial charge in [-0.1, -0.05) is 42.5 Å². The van der Waals surface area contributed by atoms with Crippen molar-refractivity contribution in [3.8, 4) is 10.6 Å². The Balaban J connectivity index is 1.35. The van der Waals surface area contributed by atoms with Crippen LogP contribution < -0.4 is 5.32 Å². The minimum atomic E-state index is -0.238. The summed E-state index contributed by atoms with van der Waals surface area (Å²) in [6, 6.07) is 17.2. The lowest BCUT2D eigenvalue weighted by atomic mass is 10.1. The third-order valence-corrected chi connectivity index (χ3v) is 6.52. The van der Waals surface area contributed by atoms with Crippen molar-refractivity contribution in [3.63, 3.8) is 0 Å². The van der Waals surface area contributed by atoms with Gasteiger partial charge in [0.25, 0.3) is 5.91 Å². The number of anilines is 1. The maximum atomic E-state index is 12.5. The molecule has 7 heteroatoms. The molecule has 2 heterocycles. The molecule has 2 aromatic carbocycles. The molecule has 148 valence electrons. The highest BCUT2D eigenvalue weighted by Crippen LogP contribution is 2.24. The summed E-state index contributed by atoms with van der Waals surface area (Å²) in [5, 5.41) is 5.46. The van der Waals surface area contributed by atoms with Crippen LogP contribution >= 0.6 is 23.1 Å². The molecule has 0 saturated carbocycles. The third kappa shape index (κ3) is 5.05. The maximum Gasteiger partial charge on any atom is 0.275 e. The summed E-state index contributed by atoms with van der Waals surface area (Å²) in [4.78, 5) is 31.2. The quantitative estimate of drug-likeness (QED) is 0.669. The Morgan fingerprint density at radius 1 is 1.00 bits per heavy atom. The second-order valence-electron chi connectivity index (χ2n) is 6.72. The molecule has 1 fully saturated rings. The molecule has 1 saturated heterocycles. The zero-order valence-corrected chi connectivity index (χ0v) is 17.5. The van der Waals surface area contributed by atoms with E-state index in [1.165, 1.54) is 11.3 Å². The molecule has 3 aromatic rings. The highest BCUT2D eigenvalue weighted by molar-refractivity contribution is 7.99. The van der Waals surface area contributed by atoms with E-state index in [2.05, 4.69) is 10.3 Å². The van der Waals surface area contributed by atoms with Crippen LogP contribution in [0.2, 0.25) is 0 Å². The first kappa shape index (κ1) is 19.7. The van der Waals surface area contributed by atoms with Gasteiger partial charge in [-0.15, -0.1) is 11.3 Å². The van der Waals surface area contributed by atoms with Gasteiger partial charge in [0.1, 0.15) is 10.7 Å². The van der Waals surface area contributed by atoms with Gasteiger partial charge in [0.2, 0.25) is 5.91 Å². The van der Waals surface area contributed by atoms with Crippen LogP contribution in [0.15, 0.2) is 60.0 Å². The maximum absolute atomic E-state index is 12.5. The molecule has 0 aliphatic carbocycles. The Morgan fingerprint density at radius 3 is 2.45 bits per heavy atom. The van der Waals surface area contributed by atoms with E-state index < -0.39 is 0 Å². The standard InChI is InChI=1S/C22H21N3O2S2/c26-20(25-10-12-28-13-11-25)14-16-6-8-18(9-7-16)23-21(27)19-15-29-22(24-19)17-4-2-1-3-5-17/h1-9,15H,10-14H2,(H,23,27). The number of amides is 2. The Labute approximate surface area is 178 Å². The molecule has 0 atom stereocenters. The average molecular weight is 424 g/mol. The Hall–Kier alpha value is -2.64. The number of nitrogens with one attached hydrogen (secondary N) is 1. The van der Waals surface area contributed by atoms with Crippen LogP contribution in [0.3, 0.4) is 0 Å². The minimum absolute atomic E-state index is 0.165. The van der Waals surface area contributed by atoms with E-state index in [0.717, 1.165) is 40.7 Å². The smallest absolute Gasteiger partial charge is 0.275 e. The van der Waals surface area contributed by atoms with Crippen LogP contribution in [0.4, 0.5) is 5.69 Å². The van der Waals surface area contributed by atoms with E-state index >= 15 is 0 Å². The van der Waals surface area contributed by atoms with Crippen LogP contribution in [-0.4, -0.2) is 46.3 Å². The minimum Gasteiger partial charge on any atom is -0.341 e. The van der Waals surface area contributed by atoms with Crippen LogP contribution in [0.5, 0.6) is 0 Å². The lowest BCUT2D eigenvalue weighted by Gasteiger charge is -2.26. The Bertz CT molecular complexity index is 981. The number of carbonyl (C=O) groups excluding carboxylic acids is 2. The number of hydrogen-bond donors (Lipinski definition) is 1. The number of aromatic nitrogens is 1. The highest BCUT2D eigenvalue weighted by Gasteiger charge is 2.17. The van der Waals surface area contributed by atoms with Gasteiger partial charge in [0, 0.05) is 41.2 Å². The van der Waals surface area contributed by atoms with Crippen molar-refractivity contribution in [3.05, 3.63) is 71.2 Å². The van der Waals surface area contributed by atoms with E-state index in [1.807, 2.05) is 71.3 Å². The first-order chi connectivity index (χ1) is 14.2. The fourth-order valence-corrected chi connectivity index (χ4v) is 4.80. The van der Waals surface area contributed by atoms with Crippen molar-refractivity contribution in [2.24, 2.45) is 0 Å².